The molecule has 3 rings (SSSR count). The van der Waals surface area contributed by atoms with Crippen LogP contribution in [-0.4, -0.2) is 22.8 Å². The lowest BCUT2D eigenvalue weighted by Gasteiger charge is -2.04. The lowest BCUT2D eigenvalue weighted by molar-refractivity contribution is 0.588. The van der Waals surface area contributed by atoms with Gasteiger partial charge in [0.2, 0.25) is 0 Å². The zero-order chi connectivity index (χ0) is 14.8. The van der Waals surface area contributed by atoms with Crippen LogP contribution in [0, 0.1) is 5.82 Å². The number of rotatable bonds is 5. The smallest absolute Gasteiger partial charge is 0.157 e. The number of halogens is 1. The van der Waals surface area contributed by atoms with E-state index in [4.69, 9.17) is 0 Å². The van der Waals surface area contributed by atoms with E-state index >= 15 is 0 Å². The van der Waals surface area contributed by atoms with Crippen LogP contribution >= 0.6 is 22.7 Å². The minimum atomic E-state index is -0.200. The number of aromatic nitrogens is 2. The van der Waals surface area contributed by atoms with Gasteiger partial charge in [0.25, 0.3) is 0 Å². The molecule has 0 amide bonds. The fraction of sp³-hybridized carbons (Fsp3) is 0.333. The third-order valence-corrected chi connectivity index (χ3v) is 5.30. The van der Waals surface area contributed by atoms with Crippen LogP contribution in [0.5, 0.6) is 0 Å². The van der Waals surface area contributed by atoms with Crippen LogP contribution in [0.4, 0.5) is 4.39 Å². The molecule has 3 nitrogen and oxygen atoms in total. The minimum Gasteiger partial charge on any atom is -0.314 e. The third-order valence-electron chi connectivity index (χ3n) is 3.05. The molecule has 0 aliphatic rings. The molecule has 6 heteroatoms. The second-order valence-electron chi connectivity index (χ2n) is 5.15. The Morgan fingerprint density at radius 1 is 1.19 bits per heavy atom. The zero-order valence-electron chi connectivity index (χ0n) is 11.9. The van der Waals surface area contributed by atoms with Gasteiger partial charge in [-0.1, -0.05) is 31.3 Å². The van der Waals surface area contributed by atoms with Crippen molar-refractivity contribution in [2.75, 3.05) is 6.54 Å². The highest BCUT2D eigenvalue weighted by Crippen LogP contribution is 2.35. The van der Waals surface area contributed by atoms with E-state index in [1.54, 1.807) is 34.8 Å². The summed E-state index contributed by atoms with van der Waals surface area (Å²) in [7, 11) is 0. The van der Waals surface area contributed by atoms with E-state index < -0.39 is 0 Å². The fourth-order valence-corrected chi connectivity index (χ4v) is 4.00. The molecule has 2 aromatic heterocycles. The van der Waals surface area contributed by atoms with Gasteiger partial charge in [-0.05, 0) is 23.6 Å². The minimum absolute atomic E-state index is 0.200. The quantitative estimate of drug-likeness (QED) is 0.769. The Hall–Kier alpha value is -1.37. The van der Waals surface area contributed by atoms with Crippen molar-refractivity contribution in [2.45, 2.75) is 26.3 Å². The molecule has 0 bridgehead atoms. The van der Waals surface area contributed by atoms with Crippen molar-refractivity contribution >= 4 is 32.8 Å². The van der Waals surface area contributed by atoms with E-state index in [9.17, 15) is 4.39 Å². The first-order valence-corrected chi connectivity index (χ1v) is 8.50. The number of hydrogen-bond acceptors (Lipinski definition) is 5. The average molecular weight is 321 g/mol. The SMILES string of the molecule is CC(C)NCCc1nnc(-c2cc3ccc(F)cc3s2)s1. The summed E-state index contributed by atoms with van der Waals surface area (Å²) in [6.07, 6.45) is 0.884. The summed E-state index contributed by atoms with van der Waals surface area (Å²) in [5.74, 6) is -0.200. The van der Waals surface area contributed by atoms with Crippen molar-refractivity contribution in [2.24, 2.45) is 0 Å². The number of benzene rings is 1. The summed E-state index contributed by atoms with van der Waals surface area (Å²) in [6, 6.07) is 7.39. The number of nitrogens with zero attached hydrogens (tertiary/aromatic N) is 2. The monoisotopic (exact) mass is 321 g/mol. The van der Waals surface area contributed by atoms with Crippen molar-refractivity contribution in [1.29, 1.82) is 0 Å². The van der Waals surface area contributed by atoms with Crippen LogP contribution in [0.15, 0.2) is 24.3 Å². The molecule has 2 heterocycles. The van der Waals surface area contributed by atoms with Crippen LogP contribution in [0.2, 0.25) is 0 Å². The summed E-state index contributed by atoms with van der Waals surface area (Å²) < 4.78 is 14.2. The Balaban J connectivity index is 1.78. The van der Waals surface area contributed by atoms with Crippen molar-refractivity contribution in [1.82, 2.24) is 15.5 Å². The zero-order valence-corrected chi connectivity index (χ0v) is 13.5. The lowest BCUT2D eigenvalue weighted by Crippen LogP contribution is -2.24. The van der Waals surface area contributed by atoms with Crippen molar-refractivity contribution in [3.63, 3.8) is 0 Å². The molecule has 3 aromatic rings. The predicted molar refractivity (Wildman–Crippen MR) is 87.5 cm³/mol. The lowest BCUT2D eigenvalue weighted by atomic mass is 10.2. The van der Waals surface area contributed by atoms with Gasteiger partial charge < -0.3 is 5.32 Å². The molecule has 0 saturated carbocycles. The molecule has 0 spiro atoms. The number of fused-ring (bicyclic) bond motifs is 1. The molecule has 1 N–H and O–H groups in total. The maximum Gasteiger partial charge on any atom is 0.157 e. The summed E-state index contributed by atoms with van der Waals surface area (Å²) in [4.78, 5) is 1.05. The number of hydrogen-bond donors (Lipinski definition) is 1. The second-order valence-corrected chi connectivity index (χ2v) is 7.30. The molecule has 21 heavy (non-hydrogen) atoms. The Bertz CT molecular complexity index is 748. The van der Waals surface area contributed by atoms with Crippen LogP contribution in [0.1, 0.15) is 18.9 Å². The summed E-state index contributed by atoms with van der Waals surface area (Å²) in [6.45, 7) is 5.16. The van der Waals surface area contributed by atoms with Gasteiger partial charge in [-0.3, -0.25) is 0 Å². The van der Waals surface area contributed by atoms with E-state index in [1.165, 1.54) is 6.07 Å². The largest absolute Gasteiger partial charge is 0.314 e. The average Bonchev–Trinajstić information content (AvgIpc) is 3.03. The Morgan fingerprint density at radius 2 is 2.05 bits per heavy atom. The van der Waals surface area contributed by atoms with E-state index in [0.717, 1.165) is 37.9 Å². The van der Waals surface area contributed by atoms with Crippen LogP contribution in [0.25, 0.3) is 20.0 Å². The van der Waals surface area contributed by atoms with Crippen LogP contribution in [0.3, 0.4) is 0 Å². The molecule has 0 fully saturated rings. The van der Waals surface area contributed by atoms with Gasteiger partial charge in [0.15, 0.2) is 5.01 Å². The first kappa shape index (κ1) is 14.6. The maximum absolute atomic E-state index is 13.2. The Kier molecular flexibility index (Phi) is 4.28. The highest BCUT2D eigenvalue weighted by molar-refractivity contribution is 7.25. The molecule has 0 atom stereocenters. The van der Waals surface area contributed by atoms with Crippen LogP contribution < -0.4 is 5.32 Å². The second kappa shape index (κ2) is 6.17. The standard InChI is InChI=1S/C15H16FN3S2/c1-9(2)17-6-5-14-18-19-15(21-14)13-7-10-3-4-11(16)8-12(10)20-13/h3-4,7-9,17H,5-6H2,1-2H3. The normalized spacial score (nSPS) is 11.6. The highest BCUT2D eigenvalue weighted by atomic mass is 32.1. The molecule has 0 saturated heterocycles. The molecular weight excluding hydrogens is 305 g/mol. The summed E-state index contributed by atoms with van der Waals surface area (Å²) >= 11 is 3.17. The van der Waals surface area contributed by atoms with Gasteiger partial charge in [0.05, 0.1) is 4.88 Å². The summed E-state index contributed by atoms with van der Waals surface area (Å²) in [5.41, 5.74) is 0. The highest BCUT2D eigenvalue weighted by Gasteiger charge is 2.10. The molecule has 0 aliphatic heterocycles. The van der Waals surface area contributed by atoms with Crippen molar-refractivity contribution in [3.05, 3.63) is 35.1 Å². The third kappa shape index (κ3) is 3.45. The van der Waals surface area contributed by atoms with Crippen LogP contribution in [-0.2, 0) is 6.42 Å². The van der Waals surface area contributed by atoms with Gasteiger partial charge in [-0.15, -0.1) is 21.5 Å². The Morgan fingerprint density at radius 3 is 2.86 bits per heavy atom. The topological polar surface area (TPSA) is 37.8 Å². The van der Waals surface area contributed by atoms with E-state index in [1.807, 2.05) is 0 Å². The molecular formula is C15H16FN3S2. The molecule has 1 aromatic carbocycles. The molecule has 0 aliphatic carbocycles. The van der Waals surface area contributed by atoms with Gasteiger partial charge in [0.1, 0.15) is 10.8 Å². The number of nitrogens with one attached hydrogen (secondary N) is 1. The van der Waals surface area contributed by atoms with Gasteiger partial charge >= 0.3 is 0 Å². The molecule has 0 unspecified atom stereocenters. The maximum atomic E-state index is 13.2. The Labute approximate surface area is 130 Å². The molecule has 0 radical (unpaired) electrons. The number of thiophene rings is 1. The van der Waals surface area contributed by atoms with Crippen molar-refractivity contribution in [3.8, 4) is 9.88 Å². The van der Waals surface area contributed by atoms with Gasteiger partial charge in [0, 0.05) is 23.7 Å². The van der Waals surface area contributed by atoms with Gasteiger partial charge in [-0.25, -0.2) is 4.39 Å². The van der Waals surface area contributed by atoms with Crippen molar-refractivity contribution < 1.29 is 4.39 Å². The van der Waals surface area contributed by atoms with E-state index in [2.05, 4.69) is 35.4 Å². The molecule has 110 valence electrons. The first-order chi connectivity index (χ1) is 10.1. The van der Waals surface area contributed by atoms with Gasteiger partial charge in [-0.2, -0.15) is 0 Å². The summed E-state index contributed by atoms with van der Waals surface area (Å²) in [5, 5.41) is 14.9. The predicted octanol–water partition coefficient (Wildman–Crippen LogP) is 4.10. The van der Waals surface area contributed by atoms with E-state index in [-0.39, 0.29) is 5.82 Å². The fourth-order valence-electron chi connectivity index (χ4n) is 2.03. The van der Waals surface area contributed by atoms with E-state index in [0.29, 0.717) is 6.04 Å². The first-order valence-electron chi connectivity index (χ1n) is 6.87.